The first-order chi connectivity index (χ1) is 5.72. The first kappa shape index (κ1) is 9.04. The second-order valence-corrected chi connectivity index (χ2v) is 3.40. The normalized spacial score (nSPS) is 10.6. The molecule has 0 amide bonds. The third-order valence-electron chi connectivity index (χ3n) is 1.78. The van der Waals surface area contributed by atoms with Crippen molar-refractivity contribution in [3.05, 3.63) is 23.7 Å². The molecule has 0 unspecified atom stereocenters. The lowest BCUT2D eigenvalue weighted by Gasteiger charge is -1.99. The summed E-state index contributed by atoms with van der Waals surface area (Å²) in [4.78, 5) is 10.3. The fraction of sp³-hybridized carbons (Fsp3) is 0.500. The summed E-state index contributed by atoms with van der Waals surface area (Å²) in [5, 5.41) is 0. The van der Waals surface area contributed by atoms with Crippen LogP contribution in [0.15, 0.2) is 16.7 Å². The number of aldehydes is 1. The molecule has 1 rings (SSSR count). The zero-order valence-corrected chi connectivity index (χ0v) is 7.54. The molecule has 1 aromatic rings. The molecular formula is C10H14O2. The first-order valence-corrected chi connectivity index (χ1v) is 4.25. The monoisotopic (exact) mass is 166 g/mol. The van der Waals surface area contributed by atoms with Gasteiger partial charge in [0.2, 0.25) is 0 Å². The van der Waals surface area contributed by atoms with Gasteiger partial charge in [-0.1, -0.05) is 13.8 Å². The molecule has 0 bridgehead atoms. The number of aryl methyl sites for hydroxylation is 1. The molecule has 0 aromatic carbocycles. The predicted octanol–water partition coefficient (Wildman–Crippen LogP) is 2.68. The number of furan rings is 1. The minimum atomic E-state index is 0.633. The minimum absolute atomic E-state index is 0.633. The molecule has 2 nitrogen and oxygen atoms in total. The van der Waals surface area contributed by atoms with Gasteiger partial charge in [-0.2, -0.15) is 0 Å². The Labute approximate surface area is 72.6 Å². The van der Waals surface area contributed by atoms with Gasteiger partial charge in [0.25, 0.3) is 0 Å². The van der Waals surface area contributed by atoms with Crippen LogP contribution < -0.4 is 0 Å². The van der Waals surface area contributed by atoms with Gasteiger partial charge < -0.3 is 4.42 Å². The van der Waals surface area contributed by atoms with Crippen LogP contribution in [0.3, 0.4) is 0 Å². The van der Waals surface area contributed by atoms with Crippen LogP contribution in [0, 0.1) is 5.92 Å². The smallest absolute Gasteiger partial charge is 0.153 e. The van der Waals surface area contributed by atoms with Crippen LogP contribution in [0.4, 0.5) is 0 Å². The highest BCUT2D eigenvalue weighted by Gasteiger charge is 2.01. The maximum absolute atomic E-state index is 10.3. The number of hydrogen-bond acceptors (Lipinski definition) is 2. The fourth-order valence-corrected chi connectivity index (χ4v) is 1.02. The number of carbonyl (C=O) groups excluding carboxylic acids is 1. The van der Waals surface area contributed by atoms with Gasteiger partial charge >= 0.3 is 0 Å². The van der Waals surface area contributed by atoms with Crippen molar-refractivity contribution in [2.24, 2.45) is 5.92 Å². The first-order valence-electron chi connectivity index (χ1n) is 4.25. The van der Waals surface area contributed by atoms with Crippen molar-refractivity contribution in [2.45, 2.75) is 26.7 Å². The van der Waals surface area contributed by atoms with Crippen molar-refractivity contribution < 1.29 is 9.21 Å². The van der Waals surface area contributed by atoms with E-state index < -0.39 is 0 Å². The highest BCUT2D eigenvalue weighted by molar-refractivity contribution is 5.74. The Bertz CT molecular complexity index is 248. The summed E-state index contributed by atoms with van der Waals surface area (Å²) < 4.78 is 5.17. The quantitative estimate of drug-likeness (QED) is 0.644. The van der Waals surface area contributed by atoms with Gasteiger partial charge in [-0.25, -0.2) is 0 Å². The zero-order chi connectivity index (χ0) is 8.97. The lowest BCUT2D eigenvalue weighted by atomic mass is 10.1. The van der Waals surface area contributed by atoms with Crippen LogP contribution in [-0.4, -0.2) is 6.29 Å². The highest BCUT2D eigenvalue weighted by Crippen LogP contribution is 2.11. The van der Waals surface area contributed by atoms with Crippen LogP contribution in [0.1, 0.15) is 36.4 Å². The molecule has 1 aromatic heterocycles. The Morgan fingerprint density at radius 1 is 1.58 bits per heavy atom. The van der Waals surface area contributed by atoms with Crippen molar-refractivity contribution >= 4 is 6.29 Å². The van der Waals surface area contributed by atoms with Crippen LogP contribution in [0.25, 0.3) is 0 Å². The fourth-order valence-electron chi connectivity index (χ4n) is 1.02. The molecular weight excluding hydrogens is 152 g/mol. The van der Waals surface area contributed by atoms with Crippen LogP contribution >= 0.6 is 0 Å². The van der Waals surface area contributed by atoms with Crippen LogP contribution in [0.2, 0.25) is 0 Å². The van der Waals surface area contributed by atoms with Crippen LogP contribution in [0.5, 0.6) is 0 Å². The van der Waals surface area contributed by atoms with E-state index in [9.17, 15) is 4.79 Å². The van der Waals surface area contributed by atoms with E-state index in [4.69, 9.17) is 4.42 Å². The molecule has 0 fully saturated rings. The van der Waals surface area contributed by atoms with Crippen molar-refractivity contribution in [1.29, 1.82) is 0 Å². The topological polar surface area (TPSA) is 30.2 Å². The summed E-state index contributed by atoms with van der Waals surface area (Å²) in [7, 11) is 0. The molecule has 0 atom stereocenters. The number of carbonyl (C=O) groups is 1. The molecule has 0 saturated carbocycles. The summed E-state index contributed by atoms with van der Waals surface area (Å²) in [5.41, 5.74) is 0.633. The molecule has 0 aliphatic carbocycles. The minimum Gasteiger partial charge on any atom is -0.469 e. The van der Waals surface area contributed by atoms with E-state index in [1.54, 1.807) is 6.07 Å². The van der Waals surface area contributed by atoms with Crippen LogP contribution in [-0.2, 0) is 6.42 Å². The van der Waals surface area contributed by atoms with Gasteiger partial charge in [-0.3, -0.25) is 4.79 Å². The SMILES string of the molecule is CC(C)CCc1cc(C=O)co1. The standard InChI is InChI=1S/C10H14O2/c1-8(2)3-4-10-5-9(6-11)7-12-10/h5-8H,3-4H2,1-2H3. The predicted molar refractivity (Wildman–Crippen MR) is 47.3 cm³/mol. The molecule has 2 heteroatoms. The summed E-state index contributed by atoms with van der Waals surface area (Å²) in [5.74, 6) is 1.58. The molecule has 66 valence electrons. The van der Waals surface area contributed by atoms with Crippen molar-refractivity contribution in [2.75, 3.05) is 0 Å². The highest BCUT2D eigenvalue weighted by atomic mass is 16.3. The zero-order valence-electron chi connectivity index (χ0n) is 7.54. The largest absolute Gasteiger partial charge is 0.469 e. The molecule has 0 aliphatic rings. The third-order valence-corrected chi connectivity index (χ3v) is 1.78. The Hall–Kier alpha value is -1.05. The average Bonchev–Trinajstić information content (AvgIpc) is 2.48. The summed E-state index contributed by atoms with van der Waals surface area (Å²) in [6, 6.07) is 1.80. The summed E-state index contributed by atoms with van der Waals surface area (Å²) in [6.07, 6.45) is 4.34. The van der Waals surface area contributed by atoms with E-state index in [1.807, 2.05) is 0 Å². The second kappa shape index (κ2) is 4.10. The van der Waals surface area contributed by atoms with E-state index in [0.717, 1.165) is 24.9 Å². The average molecular weight is 166 g/mol. The van der Waals surface area contributed by atoms with E-state index in [0.29, 0.717) is 11.5 Å². The molecule has 12 heavy (non-hydrogen) atoms. The Morgan fingerprint density at radius 2 is 2.33 bits per heavy atom. The number of rotatable bonds is 4. The third kappa shape index (κ3) is 2.53. The van der Waals surface area contributed by atoms with E-state index >= 15 is 0 Å². The second-order valence-electron chi connectivity index (χ2n) is 3.40. The van der Waals surface area contributed by atoms with Gasteiger partial charge in [-0.15, -0.1) is 0 Å². The molecule has 1 heterocycles. The number of hydrogen-bond donors (Lipinski definition) is 0. The molecule has 0 radical (unpaired) electrons. The van der Waals surface area contributed by atoms with Gasteiger partial charge in [0, 0.05) is 6.42 Å². The van der Waals surface area contributed by atoms with Gasteiger partial charge in [-0.05, 0) is 18.4 Å². The summed E-state index contributed by atoms with van der Waals surface area (Å²) in [6.45, 7) is 4.34. The van der Waals surface area contributed by atoms with E-state index in [-0.39, 0.29) is 0 Å². The maximum atomic E-state index is 10.3. The summed E-state index contributed by atoms with van der Waals surface area (Å²) >= 11 is 0. The lowest BCUT2D eigenvalue weighted by molar-refractivity contribution is 0.112. The van der Waals surface area contributed by atoms with Gasteiger partial charge in [0.05, 0.1) is 5.56 Å². The molecule has 0 aliphatic heterocycles. The van der Waals surface area contributed by atoms with Crippen molar-refractivity contribution in [3.8, 4) is 0 Å². The Kier molecular flexibility index (Phi) is 3.09. The lowest BCUT2D eigenvalue weighted by Crippen LogP contribution is -1.89. The molecule has 0 saturated heterocycles. The maximum Gasteiger partial charge on any atom is 0.153 e. The Balaban J connectivity index is 2.47. The Morgan fingerprint density at radius 3 is 2.83 bits per heavy atom. The van der Waals surface area contributed by atoms with Gasteiger partial charge in [0.1, 0.15) is 12.0 Å². The molecule has 0 N–H and O–H groups in total. The van der Waals surface area contributed by atoms with E-state index in [2.05, 4.69) is 13.8 Å². The van der Waals surface area contributed by atoms with Gasteiger partial charge in [0.15, 0.2) is 6.29 Å². The molecule has 0 spiro atoms. The van der Waals surface area contributed by atoms with E-state index in [1.165, 1.54) is 6.26 Å². The van der Waals surface area contributed by atoms with Crippen molar-refractivity contribution in [1.82, 2.24) is 0 Å². The van der Waals surface area contributed by atoms with Crippen molar-refractivity contribution in [3.63, 3.8) is 0 Å².